The predicted molar refractivity (Wildman–Crippen MR) is 85.1 cm³/mol. The van der Waals surface area contributed by atoms with E-state index in [0.717, 1.165) is 17.9 Å². The fourth-order valence-electron chi connectivity index (χ4n) is 3.53. The van der Waals surface area contributed by atoms with Crippen LogP contribution < -0.4 is 10.6 Å². The SMILES string of the molecule is Cc1cc2ccccc2nc1N(C)C1CCCC1CN. The van der Waals surface area contributed by atoms with Gasteiger partial charge in [-0.05, 0) is 49.9 Å². The Bertz CT molecular complexity index is 608. The van der Waals surface area contributed by atoms with Crippen LogP contribution in [0.3, 0.4) is 0 Å². The molecule has 1 aromatic heterocycles. The summed E-state index contributed by atoms with van der Waals surface area (Å²) in [5, 5.41) is 1.21. The molecule has 3 nitrogen and oxygen atoms in total. The van der Waals surface area contributed by atoms with E-state index in [-0.39, 0.29) is 0 Å². The zero-order valence-electron chi connectivity index (χ0n) is 12.3. The number of nitrogens with two attached hydrogens (primary N) is 1. The Morgan fingerprint density at radius 2 is 2.10 bits per heavy atom. The lowest BCUT2D eigenvalue weighted by atomic mass is 10.0. The van der Waals surface area contributed by atoms with Crippen molar-refractivity contribution in [2.24, 2.45) is 11.7 Å². The van der Waals surface area contributed by atoms with Crippen LogP contribution in [0.1, 0.15) is 24.8 Å². The van der Waals surface area contributed by atoms with Crippen LogP contribution in [0.5, 0.6) is 0 Å². The average Bonchev–Trinajstić information content (AvgIpc) is 2.94. The molecule has 3 heteroatoms. The summed E-state index contributed by atoms with van der Waals surface area (Å²) in [6, 6.07) is 11.1. The maximum Gasteiger partial charge on any atom is 0.132 e. The molecule has 1 aromatic carbocycles. The molecule has 2 N–H and O–H groups in total. The van der Waals surface area contributed by atoms with Crippen molar-refractivity contribution in [3.63, 3.8) is 0 Å². The molecule has 0 aliphatic heterocycles. The summed E-state index contributed by atoms with van der Waals surface area (Å²) < 4.78 is 0. The zero-order chi connectivity index (χ0) is 14.1. The number of benzene rings is 1. The van der Waals surface area contributed by atoms with Gasteiger partial charge in [0.05, 0.1) is 5.52 Å². The van der Waals surface area contributed by atoms with Crippen molar-refractivity contribution in [1.29, 1.82) is 0 Å². The van der Waals surface area contributed by atoms with Crippen LogP contribution in [-0.2, 0) is 0 Å². The fourth-order valence-corrected chi connectivity index (χ4v) is 3.53. The van der Waals surface area contributed by atoms with Crippen LogP contribution in [0, 0.1) is 12.8 Å². The Labute approximate surface area is 120 Å². The maximum absolute atomic E-state index is 5.92. The van der Waals surface area contributed by atoms with E-state index in [1.165, 1.54) is 30.2 Å². The second kappa shape index (κ2) is 5.41. The summed E-state index contributed by atoms with van der Waals surface area (Å²) in [7, 11) is 2.17. The lowest BCUT2D eigenvalue weighted by Crippen LogP contribution is -2.38. The highest BCUT2D eigenvalue weighted by Gasteiger charge is 2.30. The Morgan fingerprint density at radius 3 is 2.90 bits per heavy atom. The van der Waals surface area contributed by atoms with Crippen LogP contribution in [0.2, 0.25) is 0 Å². The molecular formula is C17H23N3. The first kappa shape index (κ1) is 13.4. The van der Waals surface area contributed by atoms with Gasteiger partial charge in [-0.3, -0.25) is 0 Å². The normalized spacial score (nSPS) is 22.4. The van der Waals surface area contributed by atoms with E-state index in [4.69, 9.17) is 10.7 Å². The lowest BCUT2D eigenvalue weighted by molar-refractivity contribution is 0.472. The molecule has 2 aromatic rings. The number of fused-ring (bicyclic) bond motifs is 1. The predicted octanol–water partition coefficient (Wildman–Crippen LogP) is 3.11. The summed E-state index contributed by atoms with van der Waals surface area (Å²) in [6.45, 7) is 2.93. The van der Waals surface area contributed by atoms with Crippen molar-refractivity contribution in [1.82, 2.24) is 4.98 Å². The van der Waals surface area contributed by atoms with Crippen molar-refractivity contribution in [3.8, 4) is 0 Å². The molecule has 1 aliphatic carbocycles. The number of rotatable bonds is 3. The highest BCUT2D eigenvalue weighted by molar-refractivity contribution is 5.81. The molecule has 1 heterocycles. The first-order valence-electron chi connectivity index (χ1n) is 7.50. The van der Waals surface area contributed by atoms with E-state index >= 15 is 0 Å². The molecule has 0 amide bonds. The topological polar surface area (TPSA) is 42.2 Å². The first-order chi connectivity index (χ1) is 9.70. The van der Waals surface area contributed by atoms with E-state index in [1.54, 1.807) is 0 Å². The van der Waals surface area contributed by atoms with Crippen molar-refractivity contribution in [3.05, 3.63) is 35.9 Å². The maximum atomic E-state index is 5.92. The van der Waals surface area contributed by atoms with Crippen LogP contribution in [-0.4, -0.2) is 24.6 Å². The molecule has 1 fully saturated rings. The van der Waals surface area contributed by atoms with Crippen LogP contribution in [0.15, 0.2) is 30.3 Å². The van der Waals surface area contributed by atoms with Crippen LogP contribution in [0.4, 0.5) is 5.82 Å². The molecule has 1 aliphatic rings. The van der Waals surface area contributed by atoms with Gasteiger partial charge in [0, 0.05) is 18.5 Å². The number of pyridine rings is 1. The van der Waals surface area contributed by atoms with Crippen molar-refractivity contribution in [2.75, 3.05) is 18.5 Å². The summed E-state index contributed by atoms with van der Waals surface area (Å²) in [5.74, 6) is 1.71. The van der Waals surface area contributed by atoms with Gasteiger partial charge >= 0.3 is 0 Å². The largest absolute Gasteiger partial charge is 0.356 e. The zero-order valence-corrected chi connectivity index (χ0v) is 12.3. The minimum atomic E-state index is 0.535. The third-order valence-electron chi connectivity index (χ3n) is 4.64. The number of aromatic nitrogens is 1. The molecule has 3 rings (SSSR count). The third-order valence-corrected chi connectivity index (χ3v) is 4.64. The second-order valence-corrected chi connectivity index (χ2v) is 5.93. The lowest BCUT2D eigenvalue weighted by Gasteiger charge is -2.31. The molecule has 0 bridgehead atoms. The summed E-state index contributed by atoms with van der Waals surface area (Å²) >= 11 is 0. The van der Waals surface area contributed by atoms with Gasteiger partial charge < -0.3 is 10.6 Å². The van der Waals surface area contributed by atoms with Gasteiger partial charge in [-0.15, -0.1) is 0 Å². The van der Waals surface area contributed by atoms with E-state index in [9.17, 15) is 0 Å². The molecule has 106 valence electrons. The average molecular weight is 269 g/mol. The number of nitrogens with zero attached hydrogens (tertiary/aromatic N) is 2. The minimum absolute atomic E-state index is 0.535. The summed E-state index contributed by atoms with van der Waals surface area (Å²) in [5.41, 5.74) is 8.24. The standard InChI is InChI=1S/C17H23N3/c1-12-10-13-6-3-4-8-15(13)19-17(12)20(2)16-9-5-7-14(16)11-18/h3-4,6,8,10,14,16H,5,7,9,11,18H2,1-2H3. The smallest absolute Gasteiger partial charge is 0.132 e. The van der Waals surface area contributed by atoms with Gasteiger partial charge in [0.2, 0.25) is 0 Å². The first-order valence-corrected chi connectivity index (χ1v) is 7.50. The molecule has 2 unspecified atom stereocenters. The van der Waals surface area contributed by atoms with Crippen LogP contribution >= 0.6 is 0 Å². The van der Waals surface area contributed by atoms with Gasteiger partial charge in [0.15, 0.2) is 0 Å². The van der Waals surface area contributed by atoms with E-state index in [1.807, 2.05) is 6.07 Å². The number of anilines is 1. The molecule has 0 saturated heterocycles. The molecule has 2 atom stereocenters. The van der Waals surface area contributed by atoms with Crippen molar-refractivity contribution >= 4 is 16.7 Å². The highest BCUT2D eigenvalue weighted by atomic mass is 15.2. The van der Waals surface area contributed by atoms with E-state index in [2.05, 4.69) is 43.1 Å². The number of para-hydroxylation sites is 1. The Kier molecular flexibility index (Phi) is 3.62. The van der Waals surface area contributed by atoms with E-state index < -0.39 is 0 Å². The Balaban J connectivity index is 1.98. The quantitative estimate of drug-likeness (QED) is 0.931. The number of hydrogen-bond donors (Lipinski definition) is 1. The number of aryl methyl sites for hydroxylation is 1. The minimum Gasteiger partial charge on any atom is -0.356 e. The molecule has 0 spiro atoms. The third kappa shape index (κ3) is 2.27. The van der Waals surface area contributed by atoms with Gasteiger partial charge in [0.25, 0.3) is 0 Å². The fraction of sp³-hybridized carbons (Fsp3) is 0.471. The number of hydrogen-bond acceptors (Lipinski definition) is 3. The van der Waals surface area contributed by atoms with Gasteiger partial charge in [-0.1, -0.05) is 24.6 Å². The van der Waals surface area contributed by atoms with Crippen molar-refractivity contribution < 1.29 is 0 Å². The van der Waals surface area contributed by atoms with Crippen LogP contribution in [0.25, 0.3) is 10.9 Å². The van der Waals surface area contributed by atoms with Gasteiger partial charge in [-0.2, -0.15) is 0 Å². The monoisotopic (exact) mass is 269 g/mol. The Hall–Kier alpha value is -1.61. The molecule has 20 heavy (non-hydrogen) atoms. The Morgan fingerprint density at radius 1 is 1.30 bits per heavy atom. The van der Waals surface area contributed by atoms with Gasteiger partial charge in [0.1, 0.15) is 5.82 Å². The van der Waals surface area contributed by atoms with Gasteiger partial charge in [-0.25, -0.2) is 4.98 Å². The molecule has 0 radical (unpaired) electrons. The summed E-state index contributed by atoms with van der Waals surface area (Å²) in [4.78, 5) is 7.23. The highest BCUT2D eigenvalue weighted by Crippen LogP contribution is 2.32. The van der Waals surface area contributed by atoms with Crippen molar-refractivity contribution in [2.45, 2.75) is 32.2 Å². The molecular weight excluding hydrogens is 246 g/mol. The second-order valence-electron chi connectivity index (χ2n) is 5.93. The summed E-state index contributed by atoms with van der Waals surface area (Å²) in [6.07, 6.45) is 3.76. The van der Waals surface area contributed by atoms with E-state index in [0.29, 0.717) is 12.0 Å². The molecule has 1 saturated carbocycles.